The van der Waals surface area contributed by atoms with E-state index in [0.717, 1.165) is 22.2 Å². The van der Waals surface area contributed by atoms with Crippen LogP contribution in [-0.4, -0.2) is 27.6 Å². The van der Waals surface area contributed by atoms with Crippen molar-refractivity contribution in [3.8, 4) is 0 Å². The normalized spacial score (nSPS) is 10.8. The standard InChI is InChI=1S/C20H21N3O2/c1-14-8-4-5-9-16(14)12-22(3)19(24)13-23-20(25)18-11-7-6-10-17(18)15(2)21-23/h4-11H,12-13H2,1-3H3. The predicted molar refractivity (Wildman–Crippen MR) is 98.4 cm³/mol. The van der Waals surface area contributed by atoms with Crippen molar-refractivity contribution in [3.05, 3.63) is 75.7 Å². The molecule has 0 saturated heterocycles. The molecule has 0 aliphatic rings. The number of hydrogen-bond acceptors (Lipinski definition) is 3. The molecule has 0 fully saturated rings. The topological polar surface area (TPSA) is 55.2 Å². The van der Waals surface area contributed by atoms with Crippen molar-refractivity contribution in [2.45, 2.75) is 26.9 Å². The molecule has 0 saturated carbocycles. The summed E-state index contributed by atoms with van der Waals surface area (Å²) in [6.45, 7) is 4.31. The molecular formula is C20H21N3O2. The lowest BCUT2D eigenvalue weighted by Crippen LogP contribution is -2.35. The van der Waals surface area contributed by atoms with Gasteiger partial charge in [-0.1, -0.05) is 42.5 Å². The third-order valence-electron chi connectivity index (χ3n) is 4.43. The summed E-state index contributed by atoms with van der Waals surface area (Å²) >= 11 is 0. The van der Waals surface area contributed by atoms with Gasteiger partial charge < -0.3 is 4.90 Å². The van der Waals surface area contributed by atoms with Crippen LogP contribution in [0.2, 0.25) is 0 Å². The molecule has 0 N–H and O–H groups in total. The first-order valence-corrected chi connectivity index (χ1v) is 8.22. The van der Waals surface area contributed by atoms with Crippen molar-refractivity contribution in [2.75, 3.05) is 7.05 Å². The van der Waals surface area contributed by atoms with Crippen LogP contribution in [0.3, 0.4) is 0 Å². The first kappa shape index (κ1) is 16.9. The van der Waals surface area contributed by atoms with E-state index in [9.17, 15) is 9.59 Å². The van der Waals surface area contributed by atoms with Crippen LogP contribution in [0.1, 0.15) is 16.8 Å². The van der Waals surface area contributed by atoms with E-state index in [4.69, 9.17) is 0 Å². The molecule has 0 atom stereocenters. The second kappa shape index (κ2) is 6.89. The second-order valence-electron chi connectivity index (χ2n) is 6.27. The first-order valence-electron chi connectivity index (χ1n) is 8.22. The molecule has 1 amide bonds. The van der Waals surface area contributed by atoms with E-state index in [1.54, 1.807) is 18.0 Å². The minimum absolute atomic E-state index is 0.0626. The Bertz CT molecular complexity index is 992. The Morgan fingerprint density at radius 2 is 1.68 bits per heavy atom. The lowest BCUT2D eigenvalue weighted by atomic mass is 10.1. The number of aryl methyl sites for hydroxylation is 2. The number of nitrogens with zero attached hydrogens (tertiary/aromatic N) is 3. The maximum Gasteiger partial charge on any atom is 0.275 e. The zero-order valence-electron chi connectivity index (χ0n) is 14.7. The van der Waals surface area contributed by atoms with Crippen molar-refractivity contribution in [3.63, 3.8) is 0 Å². The number of hydrogen-bond donors (Lipinski definition) is 0. The number of rotatable bonds is 4. The van der Waals surface area contributed by atoms with Crippen molar-refractivity contribution >= 4 is 16.7 Å². The summed E-state index contributed by atoms with van der Waals surface area (Å²) in [5, 5.41) is 5.72. The average molecular weight is 335 g/mol. The number of aromatic nitrogens is 2. The van der Waals surface area contributed by atoms with Gasteiger partial charge in [0.25, 0.3) is 5.56 Å². The molecule has 1 aromatic heterocycles. The highest BCUT2D eigenvalue weighted by Crippen LogP contribution is 2.12. The molecule has 25 heavy (non-hydrogen) atoms. The second-order valence-corrected chi connectivity index (χ2v) is 6.27. The zero-order valence-corrected chi connectivity index (χ0v) is 14.7. The number of benzene rings is 2. The van der Waals surface area contributed by atoms with Crippen LogP contribution in [0.5, 0.6) is 0 Å². The summed E-state index contributed by atoms with van der Waals surface area (Å²) in [5.41, 5.74) is 2.73. The molecule has 5 nitrogen and oxygen atoms in total. The molecule has 0 bridgehead atoms. The Morgan fingerprint density at radius 3 is 2.40 bits per heavy atom. The van der Waals surface area contributed by atoms with Gasteiger partial charge in [0.1, 0.15) is 6.54 Å². The van der Waals surface area contributed by atoms with Crippen molar-refractivity contribution in [2.24, 2.45) is 0 Å². The highest BCUT2D eigenvalue weighted by atomic mass is 16.2. The third kappa shape index (κ3) is 3.45. The molecular weight excluding hydrogens is 314 g/mol. The number of carbonyl (C=O) groups excluding carboxylic acids is 1. The van der Waals surface area contributed by atoms with Crippen LogP contribution < -0.4 is 5.56 Å². The maximum absolute atomic E-state index is 12.6. The molecule has 3 aromatic rings. The van der Waals surface area contributed by atoms with Crippen molar-refractivity contribution < 1.29 is 4.79 Å². The summed E-state index contributed by atoms with van der Waals surface area (Å²) < 4.78 is 1.26. The Morgan fingerprint density at radius 1 is 1.04 bits per heavy atom. The van der Waals surface area contributed by atoms with E-state index in [1.165, 1.54) is 4.68 Å². The Balaban J connectivity index is 1.83. The summed E-state index contributed by atoms with van der Waals surface area (Å²) in [7, 11) is 1.74. The summed E-state index contributed by atoms with van der Waals surface area (Å²) in [6, 6.07) is 15.3. The molecule has 0 aliphatic carbocycles. The van der Waals surface area contributed by atoms with Gasteiger partial charge in [-0.05, 0) is 31.0 Å². The van der Waals surface area contributed by atoms with E-state index >= 15 is 0 Å². The van der Waals surface area contributed by atoms with Crippen LogP contribution in [-0.2, 0) is 17.9 Å². The lowest BCUT2D eigenvalue weighted by Gasteiger charge is -2.19. The maximum atomic E-state index is 12.6. The van der Waals surface area contributed by atoms with E-state index in [1.807, 2.05) is 56.3 Å². The minimum atomic E-state index is -0.237. The van der Waals surface area contributed by atoms with Crippen LogP contribution in [0, 0.1) is 13.8 Å². The van der Waals surface area contributed by atoms with Crippen LogP contribution >= 0.6 is 0 Å². The predicted octanol–water partition coefficient (Wildman–Crippen LogP) is 2.67. The van der Waals surface area contributed by atoms with Crippen molar-refractivity contribution in [1.82, 2.24) is 14.7 Å². The fraction of sp³-hybridized carbons (Fsp3) is 0.250. The van der Waals surface area contributed by atoms with Gasteiger partial charge in [-0.2, -0.15) is 5.10 Å². The van der Waals surface area contributed by atoms with E-state index < -0.39 is 0 Å². The molecule has 2 aromatic carbocycles. The first-order chi connectivity index (χ1) is 12.0. The molecule has 0 aliphatic heterocycles. The Labute approximate surface area is 146 Å². The van der Waals surface area contributed by atoms with Gasteiger partial charge in [0.15, 0.2) is 0 Å². The average Bonchev–Trinajstić information content (AvgIpc) is 2.61. The van der Waals surface area contributed by atoms with Crippen molar-refractivity contribution in [1.29, 1.82) is 0 Å². The number of likely N-dealkylation sites (N-methyl/N-ethyl adjacent to an activating group) is 1. The van der Waals surface area contributed by atoms with Gasteiger partial charge in [0, 0.05) is 19.0 Å². The van der Waals surface area contributed by atoms with Crippen LogP contribution in [0.4, 0.5) is 0 Å². The Kier molecular flexibility index (Phi) is 4.65. The zero-order chi connectivity index (χ0) is 18.0. The fourth-order valence-electron chi connectivity index (χ4n) is 2.89. The smallest absolute Gasteiger partial charge is 0.275 e. The third-order valence-corrected chi connectivity index (χ3v) is 4.43. The summed E-state index contributed by atoms with van der Waals surface area (Å²) in [6.07, 6.45) is 0. The summed E-state index contributed by atoms with van der Waals surface area (Å²) in [5.74, 6) is -0.146. The van der Waals surface area contributed by atoms with Gasteiger partial charge in [-0.15, -0.1) is 0 Å². The fourth-order valence-corrected chi connectivity index (χ4v) is 2.89. The van der Waals surface area contributed by atoms with Crippen LogP contribution in [0.25, 0.3) is 10.8 Å². The number of amides is 1. The monoisotopic (exact) mass is 335 g/mol. The van der Waals surface area contributed by atoms with Gasteiger partial charge >= 0.3 is 0 Å². The number of fused-ring (bicyclic) bond motifs is 1. The quantitative estimate of drug-likeness (QED) is 0.736. The van der Waals surface area contributed by atoms with Gasteiger partial charge in [-0.3, -0.25) is 9.59 Å². The SMILES string of the molecule is Cc1ccccc1CN(C)C(=O)Cn1nc(C)c2ccccc2c1=O. The lowest BCUT2D eigenvalue weighted by molar-refractivity contribution is -0.131. The van der Waals surface area contributed by atoms with Crippen LogP contribution in [0.15, 0.2) is 53.3 Å². The van der Waals surface area contributed by atoms with Gasteiger partial charge in [0.05, 0.1) is 11.1 Å². The largest absolute Gasteiger partial charge is 0.340 e. The molecule has 128 valence electrons. The molecule has 0 spiro atoms. The molecule has 3 rings (SSSR count). The highest BCUT2D eigenvalue weighted by molar-refractivity contribution is 5.83. The summed E-state index contributed by atoms with van der Waals surface area (Å²) in [4.78, 5) is 26.8. The molecule has 0 unspecified atom stereocenters. The Hall–Kier alpha value is -2.95. The van der Waals surface area contributed by atoms with Gasteiger partial charge in [-0.25, -0.2) is 4.68 Å². The number of carbonyl (C=O) groups is 1. The minimum Gasteiger partial charge on any atom is -0.340 e. The van der Waals surface area contributed by atoms with E-state index in [-0.39, 0.29) is 18.0 Å². The van der Waals surface area contributed by atoms with Gasteiger partial charge in [0.2, 0.25) is 5.91 Å². The molecule has 0 radical (unpaired) electrons. The van der Waals surface area contributed by atoms with E-state index in [2.05, 4.69) is 5.10 Å². The molecule has 5 heteroatoms. The molecule has 1 heterocycles. The highest BCUT2D eigenvalue weighted by Gasteiger charge is 2.14. The van der Waals surface area contributed by atoms with E-state index in [0.29, 0.717) is 11.9 Å².